The highest BCUT2D eigenvalue weighted by Gasteiger charge is 2.23. The molecule has 0 radical (unpaired) electrons. The van der Waals surface area contributed by atoms with Crippen LogP contribution in [0.3, 0.4) is 0 Å². The quantitative estimate of drug-likeness (QED) is 0.797. The Morgan fingerprint density at radius 3 is 2.92 bits per heavy atom. The lowest BCUT2D eigenvalue weighted by Crippen LogP contribution is -2.35. The van der Waals surface area contributed by atoms with Crippen LogP contribution in [-0.4, -0.2) is 51.9 Å². The summed E-state index contributed by atoms with van der Waals surface area (Å²) in [5.74, 6) is 1.39. The second-order valence-electron chi connectivity index (χ2n) is 6.58. The van der Waals surface area contributed by atoms with Gasteiger partial charge in [-0.3, -0.25) is 9.69 Å². The standard InChI is InChI=1S/C19H22N4O2/c1-14-12-20-18(21-14)13-22-7-4-8-23(10-9-22)19(24)17-11-15-5-2-3-6-16(15)25-17/h2-3,5-6,11-12H,4,7-10,13H2,1H3,(H,20,21). The van der Waals surface area contributed by atoms with E-state index in [-0.39, 0.29) is 5.91 Å². The summed E-state index contributed by atoms with van der Waals surface area (Å²) in [5.41, 5.74) is 1.84. The van der Waals surface area contributed by atoms with E-state index < -0.39 is 0 Å². The first kappa shape index (κ1) is 15.9. The molecular formula is C19H22N4O2. The average Bonchev–Trinajstić information content (AvgIpc) is 3.15. The monoisotopic (exact) mass is 338 g/mol. The van der Waals surface area contributed by atoms with Gasteiger partial charge in [0.25, 0.3) is 5.91 Å². The van der Waals surface area contributed by atoms with Crippen molar-refractivity contribution in [3.05, 3.63) is 53.8 Å². The Labute approximate surface area is 146 Å². The van der Waals surface area contributed by atoms with Crippen LogP contribution >= 0.6 is 0 Å². The Hall–Kier alpha value is -2.60. The van der Waals surface area contributed by atoms with Crippen molar-refractivity contribution >= 4 is 16.9 Å². The molecule has 6 heteroatoms. The van der Waals surface area contributed by atoms with E-state index in [2.05, 4.69) is 14.9 Å². The minimum atomic E-state index is -0.0214. The number of hydrogen-bond donors (Lipinski definition) is 1. The molecule has 1 amide bonds. The van der Waals surface area contributed by atoms with Gasteiger partial charge in [-0.15, -0.1) is 0 Å². The second-order valence-corrected chi connectivity index (χ2v) is 6.58. The number of aromatic amines is 1. The van der Waals surface area contributed by atoms with Crippen molar-refractivity contribution in [2.24, 2.45) is 0 Å². The van der Waals surface area contributed by atoms with Gasteiger partial charge in [0.15, 0.2) is 5.76 Å². The van der Waals surface area contributed by atoms with Crippen molar-refractivity contribution in [2.75, 3.05) is 26.2 Å². The Kier molecular flexibility index (Phi) is 4.28. The second kappa shape index (κ2) is 6.72. The zero-order valence-corrected chi connectivity index (χ0v) is 14.4. The molecule has 0 saturated carbocycles. The summed E-state index contributed by atoms with van der Waals surface area (Å²) in [6, 6.07) is 9.56. The molecule has 1 aromatic carbocycles. The molecule has 0 aliphatic carbocycles. The first-order valence-corrected chi connectivity index (χ1v) is 8.70. The van der Waals surface area contributed by atoms with Gasteiger partial charge in [0.1, 0.15) is 11.4 Å². The van der Waals surface area contributed by atoms with Gasteiger partial charge in [-0.1, -0.05) is 18.2 Å². The summed E-state index contributed by atoms with van der Waals surface area (Å²) in [6.07, 6.45) is 2.80. The van der Waals surface area contributed by atoms with Crippen LogP contribution in [-0.2, 0) is 6.54 Å². The maximum Gasteiger partial charge on any atom is 0.289 e. The molecule has 2 aromatic heterocycles. The summed E-state index contributed by atoms with van der Waals surface area (Å²) in [6.45, 7) is 6.06. The number of para-hydroxylation sites is 1. The van der Waals surface area contributed by atoms with E-state index in [4.69, 9.17) is 4.42 Å². The molecule has 3 aromatic rings. The predicted octanol–water partition coefficient (Wildman–Crippen LogP) is 2.81. The number of benzene rings is 1. The number of hydrogen-bond acceptors (Lipinski definition) is 4. The van der Waals surface area contributed by atoms with Crippen molar-refractivity contribution in [3.8, 4) is 0 Å². The number of furan rings is 1. The number of rotatable bonds is 3. The van der Waals surface area contributed by atoms with Crippen LogP contribution in [0, 0.1) is 6.92 Å². The van der Waals surface area contributed by atoms with Gasteiger partial charge in [-0.2, -0.15) is 0 Å². The Morgan fingerprint density at radius 2 is 2.12 bits per heavy atom. The first-order chi connectivity index (χ1) is 12.2. The van der Waals surface area contributed by atoms with Crippen LogP contribution < -0.4 is 0 Å². The molecule has 130 valence electrons. The van der Waals surface area contributed by atoms with Crippen molar-refractivity contribution in [3.63, 3.8) is 0 Å². The highest BCUT2D eigenvalue weighted by atomic mass is 16.3. The van der Waals surface area contributed by atoms with Gasteiger partial charge in [0.05, 0.1) is 6.54 Å². The summed E-state index contributed by atoms with van der Waals surface area (Å²) in [7, 11) is 0. The molecule has 0 spiro atoms. The zero-order valence-electron chi connectivity index (χ0n) is 14.4. The average molecular weight is 338 g/mol. The van der Waals surface area contributed by atoms with Gasteiger partial charge >= 0.3 is 0 Å². The lowest BCUT2D eigenvalue weighted by molar-refractivity contribution is 0.0731. The first-order valence-electron chi connectivity index (χ1n) is 8.70. The van der Waals surface area contributed by atoms with Crippen LogP contribution in [0.15, 0.2) is 40.9 Å². The number of aryl methyl sites for hydroxylation is 1. The Balaban J connectivity index is 1.42. The molecule has 25 heavy (non-hydrogen) atoms. The summed E-state index contributed by atoms with van der Waals surface area (Å²) >= 11 is 0. The molecule has 3 heterocycles. The molecule has 1 fully saturated rings. The molecule has 1 N–H and O–H groups in total. The van der Waals surface area contributed by atoms with Crippen LogP contribution in [0.1, 0.15) is 28.5 Å². The number of carbonyl (C=O) groups is 1. The number of amides is 1. The smallest absolute Gasteiger partial charge is 0.289 e. The van der Waals surface area contributed by atoms with Crippen molar-refractivity contribution in [2.45, 2.75) is 19.9 Å². The lowest BCUT2D eigenvalue weighted by Gasteiger charge is -2.20. The van der Waals surface area contributed by atoms with Gasteiger partial charge in [-0.05, 0) is 25.5 Å². The number of carbonyl (C=O) groups excluding carboxylic acids is 1. The fourth-order valence-corrected chi connectivity index (χ4v) is 3.33. The van der Waals surface area contributed by atoms with Gasteiger partial charge in [-0.25, -0.2) is 4.98 Å². The van der Waals surface area contributed by atoms with Crippen molar-refractivity contribution in [1.29, 1.82) is 0 Å². The highest BCUT2D eigenvalue weighted by molar-refractivity contribution is 5.96. The zero-order chi connectivity index (χ0) is 17.2. The number of H-pyrrole nitrogens is 1. The SMILES string of the molecule is Cc1cnc(CN2CCCN(C(=O)c3cc4ccccc4o3)CC2)[nH]1. The van der Waals surface area contributed by atoms with Crippen LogP contribution in [0.25, 0.3) is 11.0 Å². The Bertz CT molecular complexity index is 849. The largest absolute Gasteiger partial charge is 0.451 e. The fourth-order valence-electron chi connectivity index (χ4n) is 3.33. The van der Waals surface area contributed by atoms with E-state index in [0.717, 1.165) is 55.1 Å². The summed E-state index contributed by atoms with van der Waals surface area (Å²) < 4.78 is 5.73. The van der Waals surface area contributed by atoms with Crippen LogP contribution in [0.2, 0.25) is 0 Å². The minimum absolute atomic E-state index is 0.0214. The Morgan fingerprint density at radius 1 is 1.24 bits per heavy atom. The number of imidazole rings is 1. The molecule has 0 bridgehead atoms. The normalized spacial score (nSPS) is 16.3. The van der Waals surface area contributed by atoms with Crippen LogP contribution in [0.4, 0.5) is 0 Å². The van der Waals surface area contributed by atoms with Gasteiger partial charge in [0, 0.05) is 43.5 Å². The predicted molar refractivity (Wildman–Crippen MR) is 95.3 cm³/mol. The third kappa shape index (κ3) is 3.44. The highest BCUT2D eigenvalue weighted by Crippen LogP contribution is 2.20. The van der Waals surface area contributed by atoms with Crippen molar-refractivity contribution in [1.82, 2.24) is 19.8 Å². The maximum atomic E-state index is 12.8. The molecule has 0 atom stereocenters. The summed E-state index contributed by atoms with van der Waals surface area (Å²) in [4.78, 5) is 24.7. The fraction of sp³-hybridized carbons (Fsp3) is 0.368. The van der Waals surface area contributed by atoms with E-state index in [1.165, 1.54) is 0 Å². The van der Waals surface area contributed by atoms with Crippen LogP contribution in [0.5, 0.6) is 0 Å². The van der Waals surface area contributed by atoms with E-state index in [9.17, 15) is 4.79 Å². The molecule has 4 rings (SSSR count). The maximum absolute atomic E-state index is 12.8. The number of aromatic nitrogens is 2. The lowest BCUT2D eigenvalue weighted by atomic mass is 10.2. The number of fused-ring (bicyclic) bond motifs is 1. The van der Waals surface area contributed by atoms with Crippen molar-refractivity contribution < 1.29 is 9.21 Å². The molecule has 1 aliphatic heterocycles. The molecular weight excluding hydrogens is 316 g/mol. The van der Waals surface area contributed by atoms with E-state index >= 15 is 0 Å². The van der Waals surface area contributed by atoms with E-state index in [0.29, 0.717) is 12.3 Å². The van der Waals surface area contributed by atoms with Gasteiger partial charge < -0.3 is 14.3 Å². The molecule has 1 aliphatic rings. The minimum Gasteiger partial charge on any atom is -0.451 e. The molecule has 6 nitrogen and oxygen atoms in total. The van der Waals surface area contributed by atoms with E-state index in [1.807, 2.05) is 48.4 Å². The van der Waals surface area contributed by atoms with E-state index in [1.54, 1.807) is 0 Å². The summed E-state index contributed by atoms with van der Waals surface area (Å²) in [5, 5.41) is 0.968. The van der Waals surface area contributed by atoms with Gasteiger partial charge in [0.2, 0.25) is 0 Å². The molecule has 1 saturated heterocycles. The number of nitrogens with zero attached hydrogens (tertiary/aromatic N) is 3. The number of nitrogens with one attached hydrogen (secondary N) is 1. The topological polar surface area (TPSA) is 65.4 Å². The molecule has 0 unspecified atom stereocenters. The third-order valence-corrected chi connectivity index (χ3v) is 4.64. The third-order valence-electron chi connectivity index (χ3n) is 4.64.